The molecule has 674 valence electrons. The summed E-state index contributed by atoms with van der Waals surface area (Å²) < 4.78 is 219. The second-order valence-corrected chi connectivity index (χ2v) is 31.6. The smallest absolute Gasteiger partial charge is 0.444 e. The number of alkyl halides is 16. The Hall–Kier alpha value is -6.69. The van der Waals surface area contributed by atoms with Crippen molar-refractivity contribution in [2.75, 3.05) is 65.4 Å². The van der Waals surface area contributed by atoms with E-state index in [1.54, 1.807) is 131 Å². The monoisotopic (exact) mass is 1810 g/mol. The SMILES string of the molecule is BrCc1ccccc1.C.C.CC(C)(C)OC(=O)N1CCC(C(O)C(F)(F)F)CC1.CC(C)(C)OC(=O)N1CCC(C(OCc2ccccc2)C(F)(F)F)CC1.CC(C)(C)OC(=O)N1CCC(C=O)CC1.Cl.FC(F)(F)C(OCc1ccccc1)C1CCNCC1.O=C(Cl)N1CCC(C(OCc2ccccc2)C(F)(F)F)CC1.O=CC(F)(F)F. The molecule has 5 heterocycles. The molecule has 36 heteroatoms. The van der Waals surface area contributed by atoms with Gasteiger partial charge >= 0.3 is 54.5 Å². The number of aliphatic hydroxyl groups is 1. The highest BCUT2D eigenvalue weighted by molar-refractivity contribution is 9.08. The molecule has 0 bridgehead atoms. The van der Waals surface area contributed by atoms with Crippen LogP contribution in [0.1, 0.15) is 164 Å². The van der Waals surface area contributed by atoms with Gasteiger partial charge < -0.3 is 63.2 Å². The van der Waals surface area contributed by atoms with E-state index in [-0.39, 0.29) is 137 Å². The first-order valence-electron chi connectivity index (χ1n) is 37.5. The van der Waals surface area contributed by atoms with Crippen molar-refractivity contribution in [1.82, 2.24) is 24.9 Å². The lowest BCUT2D eigenvalue weighted by Gasteiger charge is -2.37. The molecule has 4 aromatic rings. The zero-order valence-electron chi connectivity index (χ0n) is 66.3. The zero-order valence-corrected chi connectivity index (χ0v) is 69.5. The Morgan fingerprint density at radius 3 is 0.890 bits per heavy atom. The summed E-state index contributed by atoms with van der Waals surface area (Å²) in [6.45, 7) is 19.6. The highest BCUT2D eigenvalue weighted by Gasteiger charge is 2.50. The Balaban J connectivity index is 0.00000139. The first kappa shape index (κ1) is 111. The van der Waals surface area contributed by atoms with E-state index < -0.39 is 120 Å². The van der Waals surface area contributed by atoms with Gasteiger partial charge in [-0.15, -0.1) is 12.4 Å². The Kier molecular flexibility index (Phi) is 50.2. The summed E-state index contributed by atoms with van der Waals surface area (Å²) in [5.41, 5.74) is 1.80. The van der Waals surface area contributed by atoms with Gasteiger partial charge in [-0.05, 0) is 197 Å². The molecular formula is C82H117BrCl2F15N5O13. The average molecular weight is 1820 g/mol. The van der Waals surface area contributed by atoms with Crippen LogP contribution >= 0.6 is 39.9 Å². The first-order valence-corrected chi connectivity index (χ1v) is 39.0. The molecule has 0 aliphatic carbocycles. The standard InChI is InChI=1S/C19H26F3NO3.C15H17ClF3NO2.C14H18F3NO.C12H20F3NO3.C11H19NO3.C7H7Br.C2HF3O.2CH4.ClH/c1-18(2,3)26-17(24)23-11-9-15(10-12-23)16(19(20,21)22)25-13-14-7-5-4-6-8-14;16-14(21)20-8-6-12(7-9-20)13(15(17,18)19)22-10-11-4-2-1-3-5-11;15-14(16,17)13(12-6-8-18-9-7-12)19-10-11-4-2-1-3-5-11;1-11(2,3)19-10(18)16-6-4-8(5-7-16)9(17)12(13,14)15;1-11(2,3)15-10(14)12-6-4-9(8-13)5-7-12;8-6-7-4-2-1-3-5-7;3-2(4,5)1-6;;;/h4-8,15-16H,9-13H2,1-3H3;1-5,12-13H,6-10H2;1-5,12-13,18H,6-10H2;8-9,17H,4-7H2,1-3H3;8-9H,4-7H2,1-3H3;1-5H,6H2;1H;2*1H4;1H. The number of ether oxygens (including phenoxy) is 6. The molecule has 0 spiro atoms. The number of rotatable bonds is 15. The lowest BCUT2D eigenvalue weighted by atomic mass is 9.91. The van der Waals surface area contributed by atoms with Gasteiger partial charge in [0, 0.05) is 63.6 Å². The number of benzene rings is 4. The van der Waals surface area contributed by atoms with Crippen molar-refractivity contribution in [3.8, 4) is 0 Å². The number of hydrogen-bond acceptors (Lipinski definition) is 14. The molecule has 5 aliphatic rings. The van der Waals surface area contributed by atoms with E-state index in [0.29, 0.717) is 50.1 Å². The Morgan fingerprint density at radius 1 is 0.424 bits per heavy atom. The summed E-state index contributed by atoms with van der Waals surface area (Å²) in [4.78, 5) is 71.5. The molecule has 4 amide bonds. The summed E-state index contributed by atoms with van der Waals surface area (Å²) in [5, 5.41) is 12.6. The van der Waals surface area contributed by atoms with Crippen LogP contribution in [0.4, 0.5) is 85.0 Å². The Labute approximate surface area is 703 Å². The van der Waals surface area contributed by atoms with E-state index in [1.807, 2.05) is 45.0 Å². The number of aliphatic hydroxyl groups excluding tert-OH is 1. The predicted molar refractivity (Wildman–Crippen MR) is 426 cm³/mol. The molecule has 5 fully saturated rings. The third-order valence-corrected chi connectivity index (χ3v) is 18.8. The molecule has 0 saturated carbocycles. The van der Waals surface area contributed by atoms with Crippen LogP contribution in [0.2, 0.25) is 0 Å². The first-order chi connectivity index (χ1) is 53.4. The zero-order chi connectivity index (χ0) is 86.6. The molecule has 18 nitrogen and oxygen atoms in total. The van der Waals surface area contributed by atoms with Gasteiger partial charge in [-0.3, -0.25) is 9.59 Å². The summed E-state index contributed by atoms with van der Waals surface area (Å²) in [7, 11) is 0. The largest absolute Gasteiger partial charge is 0.446 e. The fourth-order valence-corrected chi connectivity index (χ4v) is 12.7. The molecule has 4 atom stereocenters. The van der Waals surface area contributed by atoms with Crippen LogP contribution in [0.3, 0.4) is 0 Å². The van der Waals surface area contributed by atoms with Gasteiger partial charge in [0.15, 0.2) is 24.4 Å². The molecule has 9 rings (SSSR count). The Morgan fingerprint density at radius 2 is 0.669 bits per heavy atom. The van der Waals surface area contributed by atoms with Crippen LogP contribution in [0.15, 0.2) is 121 Å². The fraction of sp³-hybridized carbons (Fsp3) is 0.634. The number of amides is 4. The number of piperidine rings is 5. The van der Waals surface area contributed by atoms with E-state index in [4.69, 9.17) is 49.9 Å². The number of carbonyl (C=O) groups excluding carboxylic acids is 6. The van der Waals surface area contributed by atoms with Gasteiger partial charge in [0.25, 0.3) is 0 Å². The van der Waals surface area contributed by atoms with Crippen molar-refractivity contribution in [3.63, 3.8) is 0 Å². The molecule has 5 saturated heterocycles. The van der Waals surface area contributed by atoms with Crippen molar-refractivity contribution in [3.05, 3.63) is 144 Å². The molecule has 4 aromatic carbocycles. The van der Waals surface area contributed by atoms with Gasteiger partial charge in [-0.25, -0.2) is 14.4 Å². The number of hydrogen-bond donors (Lipinski definition) is 2. The number of nitrogens with zero attached hydrogens (tertiary/aromatic N) is 4. The maximum Gasteiger partial charge on any atom is 0.446 e. The van der Waals surface area contributed by atoms with Gasteiger partial charge in [0.1, 0.15) is 23.1 Å². The summed E-state index contributed by atoms with van der Waals surface area (Å²) in [6, 6.07) is 36.8. The van der Waals surface area contributed by atoms with Crippen LogP contribution in [0.5, 0.6) is 0 Å². The second-order valence-electron chi connectivity index (χ2n) is 30.8. The molecular weight excluding hydrogens is 1700 g/mol. The summed E-state index contributed by atoms with van der Waals surface area (Å²) >= 11 is 8.71. The molecule has 2 N–H and O–H groups in total. The van der Waals surface area contributed by atoms with Gasteiger partial charge in [-0.2, -0.15) is 65.9 Å². The molecule has 118 heavy (non-hydrogen) atoms. The highest BCUT2D eigenvalue weighted by Crippen LogP contribution is 2.39. The van der Waals surface area contributed by atoms with Crippen LogP contribution in [0, 0.1) is 29.6 Å². The van der Waals surface area contributed by atoms with Gasteiger partial charge in [-0.1, -0.05) is 152 Å². The van der Waals surface area contributed by atoms with E-state index in [9.17, 15) is 89.8 Å². The van der Waals surface area contributed by atoms with Crippen molar-refractivity contribution >= 4 is 76.2 Å². The minimum absolute atomic E-state index is 0. The summed E-state index contributed by atoms with van der Waals surface area (Å²) in [6.07, 6.45) is -27.7. The lowest BCUT2D eigenvalue weighted by molar-refractivity contribution is -0.243. The number of likely N-dealkylation sites (tertiary alicyclic amines) is 4. The minimum atomic E-state index is -4.64. The number of nitrogens with one attached hydrogen (secondary N) is 1. The highest BCUT2D eigenvalue weighted by atomic mass is 79.9. The number of carbonyl (C=O) groups is 6. The molecule has 4 unspecified atom stereocenters. The maximum absolute atomic E-state index is 13.5. The van der Waals surface area contributed by atoms with E-state index in [0.717, 1.165) is 30.0 Å². The quantitative estimate of drug-likeness (QED) is 0.0284. The van der Waals surface area contributed by atoms with E-state index in [1.165, 1.54) is 20.3 Å². The third kappa shape index (κ3) is 46.4. The van der Waals surface area contributed by atoms with Gasteiger partial charge in [0.2, 0.25) is 6.29 Å². The lowest BCUT2D eigenvalue weighted by Crippen LogP contribution is -2.47. The summed E-state index contributed by atoms with van der Waals surface area (Å²) in [5.74, 6) is -2.50. The van der Waals surface area contributed by atoms with E-state index >= 15 is 0 Å². The molecule has 5 aliphatic heterocycles. The van der Waals surface area contributed by atoms with E-state index in [2.05, 4.69) is 33.4 Å². The Bertz CT molecular complexity index is 3400. The number of halogens is 18. The number of aldehydes is 2. The van der Waals surface area contributed by atoms with Crippen LogP contribution in [-0.4, -0.2) is 198 Å². The van der Waals surface area contributed by atoms with Crippen LogP contribution in [0.25, 0.3) is 0 Å². The topological polar surface area (TPSA) is 203 Å². The van der Waals surface area contributed by atoms with Crippen molar-refractivity contribution in [1.29, 1.82) is 0 Å². The normalized spacial score (nSPS) is 17.3. The molecule has 0 aromatic heterocycles. The second kappa shape index (κ2) is 53.3. The fourth-order valence-electron chi connectivity index (χ4n) is 12.1. The van der Waals surface area contributed by atoms with Crippen molar-refractivity contribution in [2.45, 2.75) is 239 Å². The minimum Gasteiger partial charge on any atom is -0.444 e. The maximum atomic E-state index is 13.5. The van der Waals surface area contributed by atoms with Crippen molar-refractivity contribution in [2.24, 2.45) is 29.6 Å². The van der Waals surface area contributed by atoms with Gasteiger partial charge in [0.05, 0.1) is 19.8 Å². The predicted octanol–water partition coefficient (Wildman–Crippen LogP) is 21.5. The molecule has 0 radical (unpaired) electrons. The van der Waals surface area contributed by atoms with Crippen molar-refractivity contribution < 1.29 is 128 Å². The third-order valence-electron chi connectivity index (χ3n) is 17.9. The van der Waals surface area contributed by atoms with Crippen LogP contribution in [-0.2, 0) is 63.2 Å². The average Bonchev–Trinajstić information content (AvgIpc) is 0.833. The van der Waals surface area contributed by atoms with Crippen LogP contribution < -0.4 is 5.32 Å².